The van der Waals surface area contributed by atoms with Crippen LogP contribution in [-0.2, 0) is 11.3 Å². The first-order chi connectivity index (χ1) is 8.27. The molecule has 1 aliphatic rings. The molecule has 1 aromatic rings. The van der Waals surface area contributed by atoms with Crippen LogP contribution < -0.4 is 5.32 Å². The monoisotopic (exact) mass is 230 g/mol. The predicted octanol–water partition coefficient (Wildman–Crippen LogP) is 2.30. The van der Waals surface area contributed by atoms with Crippen LogP contribution >= 0.6 is 0 Å². The van der Waals surface area contributed by atoms with E-state index in [1.54, 1.807) is 6.20 Å². The third-order valence-electron chi connectivity index (χ3n) is 3.26. The molecular formula is C14H18N2O. The van der Waals surface area contributed by atoms with Crippen LogP contribution in [0.1, 0.15) is 25.5 Å². The Labute approximate surface area is 102 Å². The van der Waals surface area contributed by atoms with Gasteiger partial charge in [0.1, 0.15) is 0 Å². The molecule has 2 rings (SSSR count). The second-order valence-corrected chi connectivity index (χ2v) is 4.57. The van der Waals surface area contributed by atoms with Crippen molar-refractivity contribution < 1.29 is 4.79 Å². The van der Waals surface area contributed by atoms with Crippen LogP contribution in [0.25, 0.3) is 0 Å². The Hall–Kier alpha value is -1.64. The Morgan fingerprint density at radius 1 is 1.41 bits per heavy atom. The Bertz CT molecular complexity index is 400. The number of hydrogen-bond donors (Lipinski definition) is 1. The summed E-state index contributed by atoms with van der Waals surface area (Å²) in [4.78, 5) is 16.2. The van der Waals surface area contributed by atoms with Crippen molar-refractivity contribution in [1.82, 2.24) is 10.3 Å². The fraction of sp³-hybridized carbons (Fsp3) is 0.429. The van der Waals surface area contributed by atoms with Gasteiger partial charge in [-0.15, -0.1) is 0 Å². The number of aromatic nitrogens is 1. The summed E-state index contributed by atoms with van der Waals surface area (Å²) in [7, 11) is 0. The van der Waals surface area contributed by atoms with E-state index in [0.29, 0.717) is 12.5 Å². The molecule has 3 nitrogen and oxygen atoms in total. The normalized spacial score (nSPS) is 23.4. The van der Waals surface area contributed by atoms with Gasteiger partial charge in [-0.1, -0.05) is 25.1 Å². The summed E-state index contributed by atoms with van der Waals surface area (Å²) in [6.07, 6.45) is 7.86. The summed E-state index contributed by atoms with van der Waals surface area (Å²) in [5, 5.41) is 2.96. The van der Waals surface area contributed by atoms with Gasteiger partial charge in [-0.2, -0.15) is 0 Å². The summed E-state index contributed by atoms with van der Waals surface area (Å²) in [5.74, 6) is 0.694. The zero-order chi connectivity index (χ0) is 12.1. The van der Waals surface area contributed by atoms with Crippen molar-refractivity contribution in [2.45, 2.75) is 26.3 Å². The SMILES string of the molecule is C[C@@H]1CC=CCC1C(=O)NCc1ccccn1. The molecule has 90 valence electrons. The highest BCUT2D eigenvalue weighted by molar-refractivity contribution is 5.79. The second kappa shape index (κ2) is 5.62. The lowest BCUT2D eigenvalue weighted by atomic mass is 9.84. The number of nitrogens with zero attached hydrogens (tertiary/aromatic N) is 1. The molecule has 2 atom stereocenters. The van der Waals surface area contributed by atoms with Gasteiger partial charge in [0.25, 0.3) is 0 Å². The van der Waals surface area contributed by atoms with Crippen LogP contribution in [0.15, 0.2) is 36.5 Å². The zero-order valence-corrected chi connectivity index (χ0v) is 10.1. The Morgan fingerprint density at radius 2 is 2.24 bits per heavy atom. The Kier molecular flexibility index (Phi) is 3.91. The molecule has 3 heteroatoms. The van der Waals surface area contributed by atoms with Crippen LogP contribution in [0.5, 0.6) is 0 Å². The average Bonchev–Trinajstić information content (AvgIpc) is 2.38. The van der Waals surface area contributed by atoms with Crippen molar-refractivity contribution in [2.75, 3.05) is 0 Å². The van der Waals surface area contributed by atoms with Crippen molar-refractivity contribution in [3.05, 3.63) is 42.2 Å². The summed E-state index contributed by atoms with van der Waals surface area (Å²) in [6, 6.07) is 5.73. The number of carbonyl (C=O) groups is 1. The number of rotatable bonds is 3. The lowest BCUT2D eigenvalue weighted by molar-refractivity contribution is -0.126. The lowest BCUT2D eigenvalue weighted by Crippen LogP contribution is -2.34. The standard InChI is InChI=1S/C14H18N2O/c1-11-6-2-3-8-13(11)14(17)16-10-12-7-4-5-9-15-12/h2-5,7,9,11,13H,6,8,10H2,1H3,(H,16,17)/t11-,13?/m1/s1. The molecule has 1 heterocycles. The smallest absolute Gasteiger partial charge is 0.224 e. The number of amides is 1. The van der Waals surface area contributed by atoms with Gasteiger partial charge in [0.2, 0.25) is 5.91 Å². The van der Waals surface area contributed by atoms with Gasteiger partial charge in [0, 0.05) is 12.1 Å². The highest BCUT2D eigenvalue weighted by Crippen LogP contribution is 2.24. The number of pyridine rings is 1. The van der Waals surface area contributed by atoms with Gasteiger partial charge < -0.3 is 5.32 Å². The molecule has 0 bridgehead atoms. The summed E-state index contributed by atoms with van der Waals surface area (Å²) in [5.41, 5.74) is 0.903. The van der Waals surface area contributed by atoms with Gasteiger partial charge >= 0.3 is 0 Å². The van der Waals surface area contributed by atoms with Gasteiger partial charge in [-0.25, -0.2) is 0 Å². The summed E-state index contributed by atoms with van der Waals surface area (Å²) in [6.45, 7) is 2.65. The minimum absolute atomic E-state index is 0.115. The van der Waals surface area contributed by atoms with Crippen LogP contribution in [0.3, 0.4) is 0 Å². The number of hydrogen-bond acceptors (Lipinski definition) is 2. The van der Waals surface area contributed by atoms with E-state index in [-0.39, 0.29) is 11.8 Å². The van der Waals surface area contributed by atoms with E-state index in [1.807, 2.05) is 18.2 Å². The molecule has 0 spiro atoms. The summed E-state index contributed by atoms with van der Waals surface area (Å²) >= 11 is 0. The quantitative estimate of drug-likeness (QED) is 0.809. The Morgan fingerprint density at radius 3 is 2.94 bits per heavy atom. The van der Waals surface area contributed by atoms with Crippen LogP contribution in [0.2, 0.25) is 0 Å². The molecule has 1 unspecified atom stereocenters. The molecule has 0 aliphatic heterocycles. The third kappa shape index (κ3) is 3.16. The molecule has 1 amide bonds. The summed E-state index contributed by atoms with van der Waals surface area (Å²) < 4.78 is 0. The van der Waals surface area contributed by atoms with Crippen molar-refractivity contribution in [1.29, 1.82) is 0 Å². The highest BCUT2D eigenvalue weighted by Gasteiger charge is 2.24. The van der Waals surface area contributed by atoms with E-state index < -0.39 is 0 Å². The molecule has 17 heavy (non-hydrogen) atoms. The molecule has 0 radical (unpaired) electrons. The average molecular weight is 230 g/mol. The molecule has 1 aliphatic carbocycles. The molecule has 1 N–H and O–H groups in total. The number of allylic oxidation sites excluding steroid dienone is 2. The first kappa shape index (κ1) is 11.8. The van der Waals surface area contributed by atoms with Crippen molar-refractivity contribution >= 4 is 5.91 Å². The first-order valence-electron chi connectivity index (χ1n) is 6.10. The number of carbonyl (C=O) groups excluding carboxylic acids is 1. The highest BCUT2D eigenvalue weighted by atomic mass is 16.1. The maximum atomic E-state index is 12.0. The minimum atomic E-state index is 0.115. The van der Waals surface area contributed by atoms with E-state index in [2.05, 4.69) is 29.4 Å². The molecule has 0 aromatic carbocycles. The Balaban J connectivity index is 1.87. The fourth-order valence-electron chi connectivity index (χ4n) is 2.13. The van der Waals surface area contributed by atoms with Crippen molar-refractivity contribution in [3.8, 4) is 0 Å². The largest absolute Gasteiger partial charge is 0.350 e. The number of nitrogens with one attached hydrogen (secondary N) is 1. The third-order valence-corrected chi connectivity index (χ3v) is 3.26. The topological polar surface area (TPSA) is 42.0 Å². The molecule has 0 saturated carbocycles. The molecule has 0 saturated heterocycles. The van der Waals surface area contributed by atoms with Gasteiger partial charge in [0.15, 0.2) is 0 Å². The van der Waals surface area contributed by atoms with E-state index in [0.717, 1.165) is 18.5 Å². The molecular weight excluding hydrogens is 212 g/mol. The minimum Gasteiger partial charge on any atom is -0.350 e. The maximum Gasteiger partial charge on any atom is 0.224 e. The fourth-order valence-corrected chi connectivity index (χ4v) is 2.13. The van der Waals surface area contributed by atoms with Crippen molar-refractivity contribution in [3.63, 3.8) is 0 Å². The van der Waals surface area contributed by atoms with E-state index in [1.165, 1.54) is 0 Å². The van der Waals surface area contributed by atoms with Gasteiger partial charge in [-0.05, 0) is 30.9 Å². The van der Waals surface area contributed by atoms with Gasteiger partial charge in [-0.3, -0.25) is 9.78 Å². The maximum absolute atomic E-state index is 12.0. The molecule has 0 fully saturated rings. The van der Waals surface area contributed by atoms with Gasteiger partial charge in [0.05, 0.1) is 12.2 Å². The predicted molar refractivity (Wildman–Crippen MR) is 67.1 cm³/mol. The van der Waals surface area contributed by atoms with Crippen LogP contribution in [0.4, 0.5) is 0 Å². The van der Waals surface area contributed by atoms with E-state index >= 15 is 0 Å². The molecule has 1 aromatic heterocycles. The first-order valence-corrected chi connectivity index (χ1v) is 6.10. The van der Waals surface area contributed by atoms with Crippen LogP contribution in [-0.4, -0.2) is 10.9 Å². The van der Waals surface area contributed by atoms with Crippen molar-refractivity contribution in [2.24, 2.45) is 11.8 Å². The lowest BCUT2D eigenvalue weighted by Gasteiger charge is -2.24. The van der Waals surface area contributed by atoms with E-state index in [9.17, 15) is 4.79 Å². The van der Waals surface area contributed by atoms with Crippen LogP contribution in [0, 0.1) is 11.8 Å². The zero-order valence-electron chi connectivity index (χ0n) is 10.1. The second-order valence-electron chi connectivity index (χ2n) is 4.57. The van der Waals surface area contributed by atoms with E-state index in [4.69, 9.17) is 0 Å².